The van der Waals surface area contributed by atoms with Gasteiger partial charge in [0.15, 0.2) is 11.6 Å². The van der Waals surface area contributed by atoms with Gasteiger partial charge in [-0.3, -0.25) is 0 Å². The number of nitrogens with zero attached hydrogens (tertiary/aromatic N) is 4. The Hall–Kier alpha value is -3.01. The van der Waals surface area contributed by atoms with Crippen molar-refractivity contribution in [2.75, 3.05) is 22.5 Å². The van der Waals surface area contributed by atoms with Crippen LogP contribution in [0.4, 0.5) is 23.0 Å². The van der Waals surface area contributed by atoms with E-state index in [1.54, 1.807) is 18.5 Å². The summed E-state index contributed by atoms with van der Waals surface area (Å²) in [5.41, 5.74) is 10.4. The number of hydrogen-bond donors (Lipinski definition) is 2. The van der Waals surface area contributed by atoms with Crippen molar-refractivity contribution in [1.29, 1.82) is 5.26 Å². The first-order valence-corrected chi connectivity index (χ1v) is 12.3. The quantitative estimate of drug-likeness (QED) is 0.389. The highest BCUT2D eigenvalue weighted by Crippen LogP contribution is 2.37. The van der Waals surface area contributed by atoms with Crippen molar-refractivity contribution in [3.05, 3.63) is 69.5 Å². The molecule has 0 radical (unpaired) electrons. The summed E-state index contributed by atoms with van der Waals surface area (Å²) in [6, 6.07) is 13.8. The lowest BCUT2D eigenvalue weighted by Gasteiger charge is -2.36. The van der Waals surface area contributed by atoms with Gasteiger partial charge in [0, 0.05) is 28.3 Å². The highest BCUT2D eigenvalue weighted by atomic mass is 35.5. The van der Waals surface area contributed by atoms with Crippen molar-refractivity contribution in [2.45, 2.75) is 51.5 Å². The average Bonchev–Trinajstić information content (AvgIpc) is 2.84. The minimum atomic E-state index is -0.502. The van der Waals surface area contributed by atoms with Crippen LogP contribution in [0.3, 0.4) is 0 Å². The molecule has 34 heavy (non-hydrogen) atoms. The molecule has 0 spiro atoms. The molecule has 1 aliphatic rings. The van der Waals surface area contributed by atoms with E-state index in [0.717, 1.165) is 54.0 Å². The van der Waals surface area contributed by atoms with Crippen LogP contribution in [-0.2, 0) is 0 Å². The van der Waals surface area contributed by atoms with Crippen molar-refractivity contribution < 1.29 is 0 Å². The molecule has 0 bridgehead atoms. The van der Waals surface area contributed by atoms with Crippen molar-refractivity contribution in [3.8, 4) is 6.07 Å². The van der Waals surface area contributed by atoms with Crippen LogP contribution in [-0.4, -0.2) is 22.6 Å². The number of halogens is 2. The Morgan fingerprint density at radius 2 is 1.97 bits per heavy atom. The molecule has 6 nitrogen and oxygen atoms in total. The number of anilines is 4. The lowest BCUT2D eigenvalue weighted by molar-refractivity contribution is 0.447. The van der Waals surface area contributed by atoms with Gasteiger partial charge < -0.3 is 16.0 Å². The summed E-state index contributed by atoms with van der Waals surface area (Å²) < 4.78 is 0. The monoisotopic (exact) mass is 494 g/mol. The number of rotatable bonds is 6. The molecule has 2 aromatic carbocycles. The fourth-order valence-electron chi connectivity index (χ4n) is 4.58. The minimum absolute atomic E-state index is 0.435. The number of hydrogen-bond acceptors (Lipinski definition) is 6. The first-order valence-electron chi connectivity index (χ1n) is 11.5. The van der Waals surface area contributed by atoms with Crippen LogP contribution in [0.15, 0.2) is 42.7 Å². The Morgan fingerprint density at radius 1 is 1.21 bits per heavy atom. The Balaban J connectivity index is 1.64. The lowest BCUT2D eigenvalue weighted by Crippen LogP contribution is -2.40. The van der Waals surface area contributed by atoms with Gasteiger partial charge in [-0.15, -0.1) is 0 Å². The number of nitrogens with one attached hydrogen (secondary N) is 1. The predicted octanol–water partition coefficient (Wildman–Crippen LogP) is 6.84. The van der Waals surface area contributed by atoms with Gasteiger partial charge in [0.1, 0.15) is 12.0 Å². The van der Waals surface area contributed by atoms with Gasteiger partial charge in [0.25, 0.3) is 0 Å². The minimum Gasteiger partial charge on any atom is -0.393 e. The molecular weight excluding hydrogens is 467 g/mol. The standard InChI is InChI=1S/C26H28Cl2N6/c1-3-19-6-4-5-11-34(19)26-24(30)25(31-15-32-26)33-23-13-22(28)20(12-16(23)2)21(14-29)17-7-9-18(27)10-8-17/h7-10,12-13,15,19,21H,3-6,11,30H2,1-2H3,(H,31,32,33). The zero-order valence-corrected chi connectivity index (χ0v) is 20.9. The smallest absolute Gasteiger partial charge is 0.159 e. The van der Waals surface area contributed by atoms with Crippen LogP contribution in [0, 0.1) is 18.3 Å². The highest BCUT2D eigenvalue weighted by Gasteiger charge is 2.25. The summed E-state index contributed by atoms with van der Waals surface area (Å²) in [7, 11) is 0. The molecule has 3 N–H and O–H groups in total. The van der Waals surface area contributed by atoms with Crippen LogP contribution in [0.25, 0.3) is 0 Å². The maximum atomic E-state index is 9.86. The van der Waals surface area contributed by atoms with E-state index in [1.165, 1.54) is 6.42 Å². The maximum absolute atomic E-state index is 9.86. The SMILES string of the molecule is CCC1CCCCN1c1ncnc(Nc2cc(Cl)c(C(C#N)c3ccc(Cl)cc3)cc2C)c1N. The molecule has 8 heteroatoms. The molecule has 1 aromatic heterocycles. The summed E-state index contributed by atoms with van der Waals surface area (Å²) in [4.78, 5) is 11.2. The molecule has 176 valence electrons. The molecule has 2 heterocycles. The lowest BCUT2D eigenvalue weighted by atomic mass is 9.91. The van der Waals surface area contributed by atoms with Crippen molar-refractivity contribution >= 4 is 46.2 Å². The second-order valence-corrected chi connectivity index (χ2v) is 9.48. The molecule has 2 atom stereocenters. The van der Waals surface area contributed by atoms with E-state index in [2.05, 4.69) is 33.2 Å². The van der Waals surface area contributed by atoms with E-state index in [4.69, 9.17) is 28.9 Å². The maximum Gasteiger partial charge on any atom is 0.159 e. The zero-order chi connectivity index (χ0) is 24.2. The molecule has 0 aliphatic carbocycles. The number of aromatic nitrogens is 2. The number of nitrogen functional groups attached to an aromatic ring is 1. The summed E-state index contributed by atoms with van der Waals surface area (Å²) in [6.07, 6.45) is 6.11. The normalized spacial score (nSPS) is 16.7. The number of nitriles is 1. The van der Waals surface area contributed by atoms with Crippen molar-refractivity contribution in [3.63, 3.8) is 0 Å². The Kier molecular flexibility index (Phi) is 7.45. The topological polar surface area (TPSA) is 90.9 Å². The highest BCUT2D eigenvalue weighted by molar-refractivity contribution is 6.32. The Morgan fingerprint density at radius 3 is 2.68 bits per heavy atom. The van der Waals surface area contributed by atoms with E-state index in [0.29, 0.717) is 27.6 Å². The fraction of sp³-hybridized carbons (Fsp3) is 0.346. The number of piperidine rings is 1. The van der Waals surface area contributed by atoms with Gasteiger partial charge in [0.05, 0.1) is 12.0 Å². The number of nitrogens with two attached hydrogens (primary N) is 1. The van der Waals surface area contributed by atoms with Crippen LogP contribution in [0.5, 0.6) is 0 Å². The van der Waals surface area contributed by atoms with Crippen molar-refractivity contribution in [2.24, 2.45) is 0 Å². The molecule has 2 unspecified atom stereocenters. The third-order valence-corrected chi connectivity index (χ3v) is 7.05. The Labute approximate surface area is 210 Å². The summed E-state index contributed by atoms with van der Waals surface area (Å²) in [5.74, 6) is 0.821. The number of benzene rings is 2. The molecular formula is C26H28Cl2N6. The molecule has 0 amide bonds. The van der Waals surface area contributed by atoms with Crippen molar-refractivity contribution in [1.82, 2.24) is 9.97 Å². The van der Waals surface area contributed by atoms with Gasteiger partial charge >= 0.3 is 0 Å². The van der Waals surface area contributed by atoms with E-state index >= 15 is 0 Å². The van der Waals surface area contributed by atoms with Crippen LogP contribution in [0.2, 0.25) is 10.0 Å². The molecule has 0 saturated carbocycles. The second-order valence-electron chi connectivity index (χ2n) is 8.64. The first kappa shape index (κ1) is 24.1. The molecule has 1 saturated heterocycles. The Bertz CT molecular complexity index is 1210. The van der Waals surface area contributed by atoms with Crippen LogP contribution < -0.4 is 16.0 Å². The van der Waals surface area contributed by atoms with E-state index < -0.39 is 5.92 Å². The predicted molar refractivity (Wildman–Crippen MR) is 140 cm³/mol. The fourth-order valence-corrected chi connectivity index (χ4v) is 4.98. The van der Waals surface area contributed by atoms with Gasteiger partial charge in [-0.1, -0.05) is 48.3 Å². The molecule has 1 fully saturated rings. The molecule has 4 rings (SSSR count). The third-order valence-electron chi connectivity index (χ3n) is 6.47. The van der Waals surface area contributed by atoms with Gasteiger partial charge in [-0.25, -0.2) is 9.97 Å². The zero-order valence-electron chi connectivity index (χ0n) is 19.4. The van der Waals surface area contributed by atoms with Gasteiger partial charge in [0.2, 0.25) is 0 Å². The largest absolute Gasteiger partial charge is 0.393 e. The molecule has 3 aromatic rings. The first-order chi connectivity index (χ1) is 16.4. The second kappa shape index (κ2) is 10.5. The van der Waals surface area contributed by atoms with E-state index in [1.807, 2.05) is 31.2 Å². The average molecular weight is 495 g/mol. The number of aryl methyl sites for hydroxylation is 1. The van der Waals surface area contributed by atoms with Gasteiger partial charge in [-0.2, -0.15) is 5.26 Å². The van der Waals surface area contributed by atoms with Crippen LogP contribution in [0.1, 0.15) is 55.2 Å². The van der Waals surface area contributed by atoms with E-state index in [-0.39, 0.29) is 0 Å². The summed E-state index contributed by atoms with van der Waals surface area (Å²) in [6.45, 7) is 5.11. The summed E-state index contributed by atoms with van der Waals surface area (Å²) >= 11 is 12.7. The summed E-state index contributed by atoms with van der Waals surface area (Å²) in [5, 5.41) is 14.3. The van der Waals surface area contributed by atoms with Crippen LogP contribution >= 0.6 is 23.2 Å². The van der Waals surface area contributed by atoms with E-state index in [9.17, 15) is 5.26 Å². The molecule has 1 aliphatic heterocycles. The third kappa shape index (κ3) is 4.91. The van der Waals surface area contributed by atoms with Gasteiger partial charge in [-0.05, 0) is 67.5 Å².